The fourth-order valence-corrected chi connectivity index (χ4v) is 1.75. The van der Waals surface area contributed by atoms with Gasteiger partial charge >= 0.3 is 0 Å². The number of hydrogen-bond acceptors (Lipinski definition) is 3. The van der Waals surface area contributed by atoms with E-state index in [1.165, 1.54) is 5.56 Å². The summed E-state index contributed by atoms with van der Waals surface area (Å²) >= 11 is 0. The van der Waals surface area contributed by atoms with E-state index >= 15 is 0 Å². The molecule has 100 valence electrons. The summed E-state index contributed by atoms with van der Waals surface area (Å²) in [7, 11) is 0. The van der Waals surface area contributed by atoms with E-state index in [0.717, 1.165) is 17.2 Å². The molecule has 0 unspecified atom stereocenters. The lowest BCUT2D eigenvalue weighted by Gasteiger charge is -2.19. The smallest absolute Gasteiger partial charge is 0.145 e. The van der Waals surface area contributed by atoms with Gasteiger partial charge in [-0.25, -0.2) is 0 Å². The summed E-state index contributed by atoms with van der Waals surface area (Å²) in [6, 6.07) is 11.9. The molecule has 19 heavy (non-hydrogen) atoms. The summed E-state index contributed by atoms with van der Waals surface area (Å²) in [5.41, 5.74) is 7.81. The highest BCUT2D eigenvalue weighted by Gasteiger charge is 2.13. The summed E-state index contributed by atoms with van der Waals surface area (Å²) in [5.74, 6) is 1.54. The van der Waals surface area contributed by atoms with Gasteiger partial charge in [-0.05, 0) is 35.2 Å². The first-order valence-electron chi connectivity index (χ1n) is 6.42. The summed E-state index contributed by atoms with van der Waals surface area (Å²) in [6.07, 6.45) is 1.69. The normalized spacial score (nSPS) is 11.4. The molecule has 0 saturated carbocycles. The van der Waals surface area contributed by atoms with Crippen molar-refractivity contribution >= 4 is 0 Å². The molecule has 0 spiro atoms. The van der Waals surface area contributed by atoms with Crippen molar-refractivity contribution in [2.24, 2.45) is 5.73 Å². The van der Waals surface area contributed by atoms with Gasteiger partial charge in [-0.15, -0.1) is 0 Å². The van der Waals surface area contributed by atoms with Crippen molar-refractivity contribution in [3.8, 4) is 11.5 Å². The molecular formula is C16H20N2O. The van der Waals surface area contributed by atoms with Crippen LogP contribution in [0.15, 0.2) is 42.6 Å². The quantitative estimate of drug-likeness (QED) is 0.912. The molecule has 1 aromatic carbocycles. The number of hydrogen-bond donors (Lipinski definition) is 1. The van der Waals surface area contributed by atoms with E-state index in [1.54, 1.807) is 6.20 Å². The molecule has 2 rings (SSSR count). The van der Waals surface area contributed by atoms with Crippen LogP contribution in [0.2, 0.25) is 0 Å². The average Bonchev–Trinajstić information content (AvgIpc) is 2.39. The van der Waals surface area contributed by atoms with Gasteiger partial charge in [0.1, 0.15) is 11.5 Å². The van der Waals surface area contributed by atoms with Gasteiger partial charge in [0.2, 0.25) is 0 Å². The van der Waals surface area contributed by atoms with Crippen molar-refractivity contribution < 1.29 is 4.74 Å². The highest BCUT2D eigenvalue weighted by atomic mass is 16.5. The fourth-order valence-electron chi connectivity index (χ4n) is 1.75. The Labute approximate surface area is 114 Å². The minimum absolute atomic E-state index is 0.156. The maximum Gasteiger partial charge on any atom is 0.145 e. The minimum Gasteiger partial charge on any atom is -0.456 e. The molecule has 0 bridgehead atoms. The van der Waals surface area contributed by atoms with Gasteiger partial charge in [-0.3, -0.25) is 4.98 Å². The molecule has 3 heteroatoms. The highest BCUT2D eigenvalue weighted by Crippen LogP contribution is 2.26. The van der Waals surface area contributed by atoms with E-state index in [0.29, 0.717) is 6.54 Å². The minimum atomic E-state index is 0.156. The second kappa shape index (κ2) is 5.41. The predicted molar refractivity (Wildman–Crippen MR) is 77.3 cm³/mol. The molecule has 0 radical (unpaired) electrons. The van der Waals surface area contributed by atoms with Crippen LogP contribution in [0.25, 0.3) is 0 Å². The number of aromatic nitrogens is 1. The Hall–Kier alpha value is -1.87. The molecular weight excluding hydrogens is 236 g/mol. The van der Waals surface area contributed by atoms with E-state index < -0.39 is 0 Å². The van der Waals surface area contributed by atoms with E-state index in [-0.39, 0.29) is 5.41 Å². The number of nitrogens with zero attached hydrogens (tertiary/aromatic N) is 1. The van der Waals surface area contributed by atoms with Crippen LogP contribution in [-0.4, -0.2) is 4.98 Å². The van der Waals surface area contributed by atoms with Crippen molar-refractivity contribution in [3.63, 3.8) is 0 Å². The predicted octanol–water partition coefficient (Wildman–Crippen LogP) is 3.63. The molecule has 0 amide bonds. The average molecular weight is 256 g/mol. The molecule has 3 nitrogen and oxygen atoms in total. The summed E-state index contributed by atoms with van der Waals surface area (Å²) in [4.78, 5) is 4.20. The third kappa shape index (κ3) is 3.55. The van der Waals surface area contributed by atoms with Crippen LogP contribution in [0.1, 0.15) is 32.0 Å². The van der Waals surface area contributed by atoms with Gasteiger partial charge < -0.3 is 10.5 Å². The Bertz CT molecular complexity index is 524. The largest absolute Gasteiger partial charge is 0.456 e. The SMILES string of the molecule is CC(C)(C)c1ccc(Oc2ccc(CN)nc2)cc1. The van der Waals surface area contributed by atoms with Gasteiger partial charge in [0, 0.05) is 6.54 Å². The van der Waals surface area contributed by atoms with Crippen molar-refractivity contribution in [2.75, 3.05) is 0 Å². The number of rotatable bonds is 3. The van der Waals surface area contributed by atoms with E-state index in [4.69, 9.17) is 10.5 Å². The number of pyridine rings is 1. The Kier molecular flexibility index (Phi) is 3.86. The van der Waals surface area contributed by atoms with Crippen LogP contribution in [-0.2, 0) is 12.0 Å². The second-order valence-electron chi connectivity index (χ2n) is 5.57. The van der Waals surface area contributed by atoms with E-state index in [1.807, 2.05) is 24.3 Å². The summed E-state index contributed by atoms with van der Waals surface area (Å²) < 4.78 is 5.74. The molecule has 1 aromatic heterocycles. The lowest BCUT2D eigenvalue weighted by molar-refractivity contribution is 0.478. The van der Waals surface area contributed by atoms with Crippen molar-refractivity contribution in [3.05, 3.63) is 53.9 Å². The third-order valence-electron chi connectivity index (χ3n) is 2.96. The molecule has 1 heterocycles. The third-order valence-corrected chi connectivity index (χ3v) is 2.96. The number of ether oxygens (including phenoxy) is 1. The van der Waals surface area contributed by atoms with Gasteiger partial charge in [0.05, 0.1) is 11.9 Å². The van der Waals surface area contributed by atoms with Gasteiger partial charge in [0.15, 0.2) is 0 Å². The van der Waals surface area contributed by atoms with Crippen LogP contribution in [0.4, 0.5) is 0 Å². The first-order chi connectivity index (χ1) is 8.99. The van der Waals surface area contributed by atoms with Crippen molar-refractivity contribution in [2.45, 2.75) is 32.7 Å². The zero-order valence-corrected chi connectivity index (χ0v) is 11.7. The number of benzene rings is 1. The molecule has 0 atom stereocenters. The lowest BCUT2D eigenvalue weighted by atomic mass is 9.87. The van der Waals surface area contributed by atoms with Gasteiger partial charge in [-0.1, -0.05) is 32.9 Å². The van der Waals surface area contributed by atoms with E-state index in [9.17, 15) is 0 Å². The number of nitrogens with two attached hydrogens (primary N) is 1. The molecule has 2 N–H and O–H groups in total. The summed E-state index contributed by atoms with van der Waals surface area (Å²) in [5, 5.41) is 0. The summed E-state index contributed by atoms with van der Waals surface area (Å²) in [6.45, 7) is 7.02. The van der Waals surface area contributed by atoms with Crippen LogP contribution in [0, 0.1) is 0 Å². The lowest BCUT2D eigenvalue weighted by Crippen LogP contribution is -2.10. The fraction of sp³-hybridized carbons (Fsp3) is 0.312. The van der Waals surface area contributed by atoms with Crippen molar-refractivity contribution in [1.82, 2.24) is 4.98 Å². The monoisotopic (exact) mass is 256 g/mol. The van der Waals surface area contributed by atoms with Crippen molar-refractivity contribution in [1.29, 1.82) is 0 Å². The first kappa shape index (κ1) is 13.6. The highest BCUT2D eigenvalue weighted by molar-refractivity contribution is 5.34. The Morgan fingerprint density at radius 3 is 2.11 bits per heavy atom. The van der Waals surface area contributed by atoms with Gasteiger partial charge in [0.25, 0.3) is 0 Å². The Balaban J connectivity index is 2.10. The first-order valence-corrected chi connectivity index (χ1v) is 6.42. The molecule has 0 aliphatic heterocycles. The molecule has 0 saturated heterocycles. The standard InChI is InChI=1S/C16H20N2O/c1-16(2,3)12-4-7-14(8-5-12)19-15-9-6-13(10-17)18-11-15/h4-9,11H,10,17H2,1-3H3. The maximum atomic E-state index is 5.74. The maximum absolute atomic E-state index is 5.74. The van der Waals surface area contributed by atoms with Crippen LogP contribution in [0.5, 0.6) is 11.5 Å². The zero-order chi connectivity index (χ0) is 13.9. The Morgan fingerprint density at radius 1 is 1.00 bits per heavy atom. The molecule has 0 fully saturated rings. The molecule has 0 aliphatic carbocycles. The van der Waals surface area contributed by atoms with Crippen LogP contribution in [0.3, 0.4) is 0 Å². The van der Waals surface area contributed by atoms with Crippen LogP contribution < -0.4 is 10.5 Å². The Morgan fingerprint density at radius 2 is 1.63 bits per heavy atom. The second-order valence-corrected chi connectivity index (χ2v) is 5.57. The van der Waals surface area contributed by atoms with Gasteiger partial charge in [-0.2, -0.15) is 0 Å². The molecule has 2 aromatic rings. The zero-order valence-electron chi connectivity index (χ0n) is 11.7. The van der Waals surface area contributed by atoms with Crippen LogP contribution >= 0.6 is 0 Å². The topological polar surface area (TPSA) is 48.1 Å². The molecule has 0 aliphatic rings. The van der Waals surface area contributed by atoms with E-state index in [2.05, 4.69) is 37.9 Å².